The Bertz CT molecular complexity index is 1510. The Morgan fingerprint density at radius 2 is 1.14 bits per heavy atom. The maximum atomic E-state index is 12.9. The summed E-state index contributed by atoms with van der Waals surface area (Å²) in [6.07, 6.45) is 10.9. The molecule has 3 heterocycles. The highest BCUT2D eigenvalue weighted by molar-refractivity contribution is 6.00. The first-order valence-electron chi connectivity index (χ1n) is 14.8. The van der Waals surface area contributed by atoms with Gasteiger partial charge in [-0.2, -0.15) is 5.10 Å². The summed E-state index contributed by atoms with van der Waals surface area (Å²) >= 11 is 0. The molecule has 0 bridgehead atoms. The van der Waals surface area contributed by atoms with Gasteiger partial charge < -0.3 is 20.4 Å². The first kappa shape index (κ1) is 26.9. The molecule has 7 rings (SSSR count). The Labute approximate surface area is 248 Å². The van der Waals surface area contributed by atoms with Crippen molar-refractivity contribution in [3.8, 4) is 22.5 Å². The number of nitrogens with one attached hydrogen (secondary N) is 3. The van der Waals surface area contributed by atoms with E-state index in [9.17, 15) is 19.2 Å². The third-order valence-electron chi connectivity index (χ3n) is 8.36. The lowest BCUT2D eigenvalue weighted by molar-refractivity contribution is -0.137. The third kappa shape index (κ3) is 5.60. The van der Waals surface area contributed by atoms with Crippen molar-refractivity contribution >= 4 is 35.0 Å². The minimum atomic E-state index is -0.577. The summed E-state index contributed by atoms with van der Waals surface area (Å²) in [4.78, 5) is 54.1. The Hall–Kier alpha value is -4.99. The first-order chi connectivity index (χ1) is 20.9. The van der Waals surface area contributed by atoms with Crippen LogP contribution in [-0.4, -0.2) is 68.8 Å². The van der Waals surface area contributed by atoms with Gasteiger partial charge in [0.1, 0.15) is 12.1 Å². The molecular weight excluding hydrogens is 544 g/mol. The Kier molecular flexibility index (Phi) is 6.89. The molecule has 3 N–H and O–H groups in total. The number of benzene rings is 2. The van der Waals surface area contributed by atoms with E-state index >= 15 is 0 Å². The van der Waals surface area contributed by atoms with Crippen LogP contribution < -0.4 is 10.6 Å². The smallest absolute Gasteiger partial charge is 0.251 e. The number of aromatic amines is 1. The fourth-order valence-electron chi connectivity index (χ4n) is 5.59. The number of hydrogen-bond donors (Lipinski definition) is 3. The molecule has 1 aromatic heterocycles. The van der Waals surface area contributed by atoms with E-state index in [1.165, 1.54) is 0 Å². The van der Waals surface area contributed by atoms with Gasteiger partial charge in [0.05, 0.1) is 11.4 Å². The van der Waals surface area contributed by atoms with Crippen LogP contribution >= 0.6 is 0 Å². The highest BCUT2D eigenvalue weighted by Gasteiger charge is 2.40. The maximum Gasteiger partial charge on any atom is 0.251 e. The molecule has 2 fully saturated rings. The lowest BCUT2D eigenvalue weighted by Crippen LogP contribution is -2.44. The molecule has 0 spiro atoms. The second-order valence-corrected chi connectivity index (χ2v) is 11.6. The number of hydrogen-bond acceptors (Lipinski definition) is 5. The van der Waals surface area contributed by atoms with Gasteiger partial charge in [-0.15, -0.1) is 0 Å². The van der Waals surface area contributed by atoms with Gasteiger partial charge >= 0.3 is 0 Å². The zero-order chi connectivity index (χ0) is 29.5. The molecule has 43 heavy (non-hydrogen) atoms. The number of rotatable bonds is 8. The minimum absolute atomic E-state index is 0.0592. The minimum Gasteiger partial charge on any atom is -0.324 e. The molecule has 4 amide bonds. The van der Waals surface area contributed by atoms with Crippen molar-refractivity contribution < 1.29 is 19.2 Å². The zero-order valence-electron chi connectivity index (χ0n) is 23.5. The molecule has 0 saturated heterocycles. The van der Waals surface area contributed by atoms with Crippen LogP contribution in [-0.2, 0) is 19.2 Å². The predicted molar refractivity (Wildman–Crippen MR) is 161 cm³/mol. The molecule has 10 nitrogen and oxygen atoms in total. The van der Waals surface area contributed by atoms with Crippen molar-refractivity contribution in [3.63, 3.8) is 0 Å². The Balaban J connectivity index is 0.958. The van der Waals surface area contributed by atoms with E-state index < -0.39 is 12.1 Å². The predicted octanol–water partition coefficient (Wildman–Crippen LogP) is 3.97. The molecule has 2 aliphatic carbocycles. The van der Waals surface area contributed by atoms with E-state index in [4.69, 9.17) is 0 Å². The van der Waals surface area contributed by atoms with Gasteiger partial charge in [-0.1, -0.05) is 48.6 Å². The number of anilines is 2. The van der Waals surface area contributed by atoms with Crippen LogP contribution in [0.4, 0.5) is 11.4 Å². The molecule has 2 atom stereocenters. The first-order valence-corrected chi connectivity index (χ1v) is 14.8. The second kappa shape index (κ2) is 11.0. The van der Waals surface area contributed by atoms with Gasteiger partial charge in [-0.3, -0.25) is 24.3 Å². The molecule has 218 valence electrons. The SMILES string of the molecule is O=C(Nc1ccc(-c2cc(-c3ccc(NC(=O)[C@@H]4C=CCN4C(=O)C4CC4)cc3)n[nH]2)cc1)C1C=CCN1C(=O)C1CC1. The molecule has 10 heteroatoms. The van der Waals surface area contributed by atoms with Crippen LogP contribution in [0.5, 0.6) is 0 Å². The number of carbonyl (C=O) groups is 4. The van der Waals surface area contributed by atoms with Gasteiger partial charge in [0.25, 0.3) is 11.8 Å². The lowest BCUT2D eigenvalue weighted by atomic mass is 10.1. The van der Waals surface area contributed by atoms with E-state index in [1.807, 2.05) is 66.7 Å². The average Bonchev–Trinajstić information content (AvgIpc) is 3.88. The maximum absolute atomic E-state index is 12.9. The summed E-state index contributed by atoms with van der Waals surface area (Å²) < 4.78 is 0. The largest absolute Gasteiger partial charge is 0.324 e. The van der Waals surface area contributed by atoms with E-state index in [1.54, 1.807) is 22.0 Å². The standard InChI is InChI=1S/C33H32N6O4/c40-30(28-3-1-17-38(28)32(42)22-5-6-22)34-24-13-9-20(10-14-24)26-19-27(37-36-26)21-11-15-25(16-12-21)35-31(41)29-4-2-18-39(29)33(43)23-7-8-23/h1-4,9-16,19,22-23,28-29H,5-8,17-18H2,(H,34,40)(H,35,41)(H,36,37)/t28-,29?/m0/s1. The Morgan fingerprint density at radius 1 is 0.674 bits per heavy atom. The highest BCUT2D eigenvalue weighted by atomic mass is 16.2. The highest BCUT2D eigenvalue weighted by Crippen LogP contribution is 2.34. The van der Waals surface area contributed by atoms with E-state index in [0.717, 1.165) is 48.2 Å². The van der Waals surface area contributed by atoms with Crippen molar-refractivity contribution in [2.75, 3.05) is 23.7 Å². The van der Waals surface area contributed by atoms with Crippen molar-refractivity contribution in [2.45, 2.75) is 37.8 Å². The summed E-state index contributed by atoms with van der Waals surface area (Å²) in [7, 11) is 0. The van der Waals surface area contributed by atoms with Gasteiger partial charge in [0, 0.05) is 41.9 Å². The topological polar surface area (TPSA) is 128 Å². The number of nitrogens with zero attached hydrogens (tertiary/aromatic N) is 3. The normalized spacial score (nSPS) is 20.8. The van der Waals surface area contributed by atoms with Crippen LogP contribution in [0.25, 0.3) is 22.5 Å². The number of H-pyrrole nitrogens is 1. The average molecular weight is 577 g/mol. The van der Waals surface area contributed by atoms with Crippen molar-refractivity contribution in [1.82, 2.24) is 20.0 Å². The fraction of sp³-hybridized carbons (Fsp3) is 0.303. The van der Waals surface area contributed by atoms with Crippen LogP contribution in [0.2, 0.25) is 0 Å². The zero-order valence-corrected chi connectivity index (χ0v) is 23.5. The van der Waals surface area contributed by atoms with Gasteiger partial charge in [0.15, 0.2) is 0 Å². The third-order valence-corrected chi connectivity index (χ3v) is 8.36. The molecule has 2 aromatic carbocycles. The molecule has 0 radical (unpaired) electrons. The van der Waals surface area contributed by atoms with Crippen LogP contribution in [0.1, 0.15) is 25.7 Å². The van der Waals surface area contributed by atoms with E-state index in [0.29, 0.717) is 24.5 Å². The summed E-state index contributed by atoms with van der Waals surface area (Å²) in [5.74, 6) is -0.179. The molecule has 4 aliphatic rings. The lowest BCUT2D eigenvalue weighted by Gasteiger charge is -2.24. The Morgan fingerprint density at radius 3 is 1.60 bits per heavy atom. The van der Waals surface area contributed by atoms with Crippen LogP contribution in [0.3, 0.4) is 0 Å². The molecule has 2 aliphatic heterocycles. The summed E-state index contributed by atoms with van der Waals surface area (Å²) in [5, 5.41) is 13.4. The fourth-order valence-corrected chi connectivity index (χ4v) is 5.59. The number of amides is 4. The van der Waals surface area contributed by atoms with Gasteiger partial charge in [-0.25, -0.2) is 0 Å². The monoisotopic (exact) mass is 576 g/mol. The van der Waals surface area contributed by atoms with E-state index in [2.05, 4.69) is 20.8 Å². The molecule has 1 unspecified atom stereocenters. The molecular formula is C33H32N6O4. The summed E-state index contributed by atoms with van der Waals surface area (Å²) in [6, 6.07) is 15.7. The summed E-state index contributed by atoms with van der Waals surface area (Å²) in [6.45, 7) is 0.954. The van der Waals surface area contributed by atoms with E-state index in [-0.39, 0.29) is 35.5 Å². The molecule has 2 saturated carbocycles. The second-order valence-electron chi connectivity index (χ2n) is 11.6. The van der Waals surface area contributed by atoms with Crippen LogP contribution in [0.15, 0.2) is 78.9 Å². The van der Waals surface area contributed by atoms with Crippen molar-refractivity contribution in [3.05, 3.63) is 78.9 Å². The van der Waals surface area contributed by atoms with Crippen LogP contribution in [0, 0.1) is 11.8 Å². The van der Waals surface area contributed by atoms with Crippen molar-refractivity contribution in [2.24, 2.45) is 11.8 Å². The summed E-state index contributed by atoms with van der Waals surface area (Å²) in [5.41, 5.74) is 4.65. The quantitative estimate of drug-likeness (QED) is 0.350. The number of aromatic nitrogens is 2. The number of carbonyl (C=O) groups excluding carboxylic acids is 4. The van der Waals surface area contributed by atoms with Gasteiger partial charge in [0.2, 0.25) is 11.8 Å². The molecule has 3 aromatic rings. The van der Waals surface area contributed by atoms with Gasteiger partial charge in [-0.05, 0) is 61.6 Å². The van der Waals surface area contributed by atoms with Crippen molar-refractivity contribution in [1.29, 1.82) is 0 Å².